The number of halogens is 2. The standard InChI is InChI=1S/C16H22ClFO2/c1-2-20-16(9-4-3-5-10-16)14(19)11-12-7-6-8-13(17)15(12)18/h6-8,14,19H,2-5,9-11H2,1H3. The van der Waals surface area contributed by atoms with Gasteiger partial charge in [0.2, 0.25) is 0 Å². The van der Waals surface area contributed by atoms with Crippen molar-refractivity contribution in [1.29, 1.82) is 0 Å². The normalized spacial score (nSPS) is 19.8. The first-order valence-corrected chi connectivity index (χ1v) is 7.72. The molecule has 1 saturated carbocycles. The fourth-order valence-corrected chi connectivity index (χ4v) is 3.31. The van der Waals surface area contributed by atoms with Crippen LogP contribution < -0.4 is 0 Å². The van der Waals surface area contributed by atoms with E-state index in [1.54, 1.807) is 12.1 Å². The molecule has 1 N–H and O–H groups in total. The van der Waals surface area contributed by atoms with Crippen molar-refractivity contribution in [2.45, 2.75) is 57.2 Å². The van der Waals surface area contributed by atoms with E-state index in [0.717, 1.165) is 25.7 Å². The highest BCUT2D eigenvalue weighted by atomic mass is 35.5. The van der Waals surface area contributed by atoms with Gasteiger partial charge in [-0.15, -0.1) is 0 Å². The SMILES string of the molecule is CCOC1(C(O)Cc2cccc(Cl)c2F)CCCCC1. The summed E-state index contributed by atoms with van der Waals surface area (Å²) in [4.78, 5) is 0. The smallest absolute Gasteiger partial charge is 0.145 e. The molecule has 4 heteroatoms. The predicted octanol–water partition coefficient (Wildman–Crippen LogP) is 4.12. The maximum atomic E-state index is 14.0. The molecule has 2 nitrogen and oxygen atoms in total. The highest BCUT2D eigenvalue weighted by Crippen LogP contribution is 2.36. The molecule has 0 heterocycles. The van der Waals surface area contributed by atoms with Crippen LogP contribution in [0, 0.1) is 5.82 Å². The number of hydrogen-bond acceptors (Lipinski definition) is 2. The van der Waals surface area contributed by atoms with Gasteiger partial charge in [-0.2, -0.15) is 0 Å². The zero-order valence-electron chi connectivity index (χ0n) is 11.9. The van der Waals surface area contributed by atoms with E-state index >= 15 is 0 Å². The van der Waals surface area contributed by atoms with Crippen molar-refractivity contribution in [3.05, 3.63) is 34.6 Å². The molecule has 0 aliphatic heterocycles. The van der Waals surface area contributed by atoms with Crippen molar-refractivity contribution >= 4 is 11.6 Å². The summed E-state index contributed by atoms with van der Waals surface area (Å²) in [7, 11) is 0. The molecule has 1 unspecified atom stereocenters. The molecule has 1 fully saturated rings. The fourth-order valence-electron chi connectivity index (χ4n) is 3.11. The Morgan fingerprint density at radius 1 is 1.35 bits per heavy atom. The lowest BCUT2D eigenvalue weighted by molar-refractivity contribution is -0.138. The molecule has 1 aromatic rings. The van der Waals surface area contributed by atoms with E-state index in [2.05, 4.69) is 0 Å². The lowest BCUT2D eigenvalue weighted by Crippen LogP contribution is -2.47. The van der Waals surface area contributed by atoms with Crippen LogP contribution >= 0.6 is 11.6 Å². The summed E-state index contributed by atoms with van der Waals surface area (Å²) in [5.41, 5.74) is -0.0727. The van der Waals surface area contributed by atoms with E-state index in [4.69, 9.17) is 16.3 Å². The second-order valence-corrected chi connectivity index (χ2v) is 5.90. The van der Waals surface area contributed by atoms with Crippen LogP contribution in [0.1, 0.15) is 44.6 Å². The molecule has 112 valence electrons. The van der Waals surface area contributed by atoms with Gasteiger partial charge < -0.3 is 9.84 Å². The maximum absolute atomic E-state index is 14.0. The quantitative estimate of drug-likeness (QED) is 0.886. The van der Waals surface area contributed by atoms with Gasteiger partial charge in [0.15, 0.2) is 0 Å². The van der Waals surface area contributed by atoms with E-state index in [-0.39, 0.29) is 11.4 Å². The Morgan fingerprint density at radius 3 is 2.70 bits per heavy atom. The number of aliphatic hydroxyl groups excluding tert-OH is 1. The minimum atomic E-state index is -0.698. The van der Waals surface area contributed by atoms with Gasteiger partial charge in [-0.1, -0.05) is 43.0 Å². The van der Waals surface area contributed by atoms with Crippen LogP contribution in [0.25, 0.3) is 0 Å². The number of hydrogen-bond donors (Lipinski definition) is 1. The molecule has 0 radical (unpaired) electrons. The van der Waals surface area contributed by atoms with Crippen LogP contribution in [0.3, 0.4) is 0 Å². The Balaban J connectivity index is 2.15. The summed E-state index contributed by atoms with van der Waals surface area (Å²) >= 11 is 5.79. The van der Waals surface area contributed by atoms with E-state index in [9.17, 15) is 9.50 Å². The van der Waals surface area contributed by atoms with Crippen LogP contribution in [0.4, 0.5) is 4.39 Å². The summed E-state index contributed by atoms with van der Waals surface area (Å²) in [6.07, 6.45) is 4.49. The second kappa shape index (κ2) is 6.88. The minimum Gasteiger partial charge on any atom is -0.390 e. The van der Waals surface area contributed by atoms with Crippen molar-refractivity contribution in [3.8, 4) is 0 Å². The van der Waals surface area contributed by atoms with E-state index in [1.807, 2.05) is 6.92 Å². The molecule has 1 aliphatic carbocycles. The topological polar surface area (TPSA) is 29.5 Å². The van der Waals surface area contributed by atoms with E-state index < -0.39 is 17.5 Å². The maximum Gasteiger partial charge on any atom is 0.145 e. The zero-order chi connectivity index (χ0) is 14.6. The Hall–Kier alpha value is -0.640. The Kier molecular flexibility index (Phi) is 5.42. The monoisotopic (exact) mass is 300 g/mol. The van der Waals surface area contributed by atoms with Crippen molar-refractivity contribution in [2.24, 2.45) is 0 Å². The summed E-state index contributed by atoms with van der Waals surface area (Å²) in [6, 6.07) is 4.90. The van der Waals surface area contributed by atoms with E-state index in [0.29, 0.717) is 12.2 Å². The van der Waals surface area contributed by atoms with Gasteiger partial charge in [0.25, 0.3) is 0 Å². The lowest BCUT2D eigenvalue weighted by Gasteiger charge is -2.41. The van der Waals surface area contributed by atoms with Crippen molar-refractivity contribution < 1.29 is 14.2 Å². The first-order chi connectivity index (χ1) is 9.59. The van der Waals surface area contributed by atoms with Gasteiger partial charge in [0, 0.05) is 13.0 Å². The summed E-state index contributed by atoms with van der Waals surface area (Å²) in [6.45, 7) is 2.50. The van der Waals surface area contributed by atoms with Crippen LogP contribution in [-0.2, 0) is 11.2 Å². The third kappa shape index (κ3) is 3.33. The zero-order valence-corrected chi connectivity index (χ0v) is 12.6. The number of rotatable bonds is 5. The average Bonchev–Trinajstić information content (AvgIpc) is 2.45. The van der Waals surface area contributed by atoms with Crippen molar-refractivity contribution in [1.82, 2.24) is 0 Å². The third-order valence-corrected chi connectivity index (χ3v) is 4.48. The van der Waals surface area contributed by atoms with Gasteiger partial charge in [-0.3, -0.25) is 0 Å². The lowest BCUT2D eigenvalue weighted by atomic mass is 9.78. The fraction of sp³-hybridized carbons (Fsp3) is 0.625. The molecule has 0 saturated heterocycles. The Labute approximate surface area is 124 Å². The molecule has 2 rings (SSSR count). The first-order valence-electron chi connectivity index (χ1n) is 7.34. The number of benzene rings is 1. The first kappa shape index (κ1) is 15.7. The molecule has 0 spiro atoms. The third-order valence-electron chi connectivity index (χ3n) is 4.18. The highest BCUT2D eigenvalue weighted by Gasteiger charge is 2.40. The minimum absolute atomic E-state index is 0.101. The van der Waals surface area contributed by atoms with E-state index in [1.165, 1.54) is 12.5 Å². The van der Waals surface area contributed by atoms with Crippen LogP contribution in [0.15, 0.2) is 18.2 Å². The predicted molar refractivity (Wildman–Crippen MR) is 78.6 cm³/mol. The molecule has 1 aromatic carbocycles. The summed E-state index contributed by atoms with van der Waals surface area (Å²) in [5, 5.41) is 10.7. The van der Waals surface area contributed by atoms with Gasteiger partial charge in [0.05, 0.1) is 16.7 Å². The highest BCUT2D eigenvalue weighted by molar-refractivity contribution is 6.30. The molecule has 0 amide bonds. The largest absolute Gasteiger partial charge is 0.390 e. The Bertz CT molecular complexity index is 439. The average molecular weight is 301 g/mol. The van der Waals surface area contributed by atoms with Crippen molar-refractivity contribution in [2.75, 3.05) is 6.61 Å². The molecule has 1 aliphatic rings. The van der Waals surface area contributed by atoms with Crippen molar-refractivity contribution in [3.63, 3.8) is 0 Å². The number of ether oxygens (including phenoxy) is 1. The van der Waals surface area contributed by atoms with Gasteiger partial charge in [0.1, 0.15) is 5.82 Å². The second-order valence-electron chi connectivity index (χ2n) is 5.49. The van der Waals surface area contributed by atoms with Gasteiger partial charge in [-0.05, 0) is 31.4 Å². The molecule has 0 aromatic heterocycles. The van der Waals surface area contributed by atoms with Crippen LogP contribution in [0.5, 0.6) is 0 Å². The molecular formula is C16H22ClFO2. The van der Waals surface area contributed by atoms with Crippen LogP contribution in [0.2, 0.25) is 5.02 Å². The molecular weight excluding hydrogens is 279 g/mol. The molecule has 20 heavy (non-hydrogen) atoms. The van der Waals surface area contributed by atoms with Gasteiger partial charge >= 0.3 is 0 Å². The molecule has 1 atom stereocenters. The molecule has 0 bridgehead atoms. The number of aliphatic hydroxyl groups is 1. The van der Waals surface area contributed by atoms with Gasteiger partial charge in [-0.25, -0.2) is 4.39 Å². The summed E-state index contributed by atoms with van der Waals surface area (Å²) in [5.74, 6) is -0.435. The van der Waals surface area contributed by atoms with Crippen LogP contribution in [-0.4, -0.2) is 23.4 Å². The summed E-state index contributed by atoms with van der Waals surface area (Å²) < 4.78 is 19.8. The Morgan fingerprint density at radius 2 is 2.05 bits per heavy atom.